The number of likely N-dealkylation sites (N-methyl/N-ethyl adjacent to an activating group) is 1. The first kappa shape index (κ1) is 71.5. The number of phosphoric ester groups is 1. The SMILES string of the molecule is CCCCCCCCCCCCCCCCCCCCCCCCCCCCCCCCCCCCCCCCCCCC(=O)NC(COP(=O)(O)OCC[N+](C)(C)C)C(O)CCCCCCCCCCC. The average Bonchev–Trinajstić information content (AvgIpc) is 3.34. The van der Waals surface area contributed by atoms with Crippen molar-refractivity contribution in [2.45, 2.75) is 360 Å². The van der Waals surface area contributed by atoms with Crippen molar-refractivity contribution in [2.75, 3.05) is 40.9 Å². The van der Waals surface area contributed by atoms with Crippen molar-refractivity contribution in [2.24, 2.45) is 0 Å². The molecule has 432 valence electrons. The van der Waals surface area contributed by atoms with Crippen molar-refractivity contribution >= 4 is 13.7 Å². The molecule has 3 unspecified atom stereocenters. The maximum Gasteiger partial charge on any atom is 0.472 e. The first-order chi connectivity index (χ1) is 35.0. The molecule has 0 aromatic carbocycles. The third-order valence-corrected chi connectivity index (χ3v) is 16.3. The van der Waals surface area contributed by atoms with Crippen molar-refractivity contribution < 1.29 is 32.9 Å². The molecule has 0 aliphatic heterocycles. The van der Waals surface area contributed by atoms with E-state index in [0.29, 0.717) is 23.9 Å². The summed E-state index contributed by atoms with van der Waals surface area (Å²) in [6.45, 7) is 4.91. The summed E-state index contributed by atoms with van der Waals surface area (Å²) >= 11 is 0. The molecular formula is C63H130N2O6P+. The summed E-state index contributed by atoms with van der Waals surface area (Å²) in [6, 6.07) is -0.753. The van der Waals surface area contributed by atoms with Gasteiger partial charge in [0.25, 0.3) is 0 Å². The fourth-order valence-electron chi connectivity index (χ4n) is 10.3. The third-order valence-electron chi connectivity index (χ3n) is 15.4. The summed E-state index contributed by atoms with van der Waals surface area (Å²) in [4.78, 5) is 23.2. The van der Waals surface area contributed by atoms with E-state index >= 15 is 0 Å². The highest BCUT2D eigenvalue weighted by atomic mass is 31.2. The van der Waals surface area contributed by atoms with Crippen LogP contribution in [-0.4, -0.2) is 73.4 Å². The van der Waals surface area contributed by atoms with Gasteiger partial charge in [-0.15, -0.1) is 0 Å². The number of amides is 1. The normalized spacial score (nSPS) is 13.7. The molecule has 72 heavy (non-hydrogen) atoms. The van der Waals surface area contributed by atoms with E-state index in [2.05, 4.69) is 19.2 Å². The van der Waals surface area contributed by atoms with Crippen LogP contribution >= 0.6 is 7.82 Å². The maximum absolute atomic E-state index is 12.9. The van der Waals surface area contributed by atoms with Gasteiger partial charge in [0.05, 0.1) is 39.9 Å². The zero-order valence-corrected chi connectivity index (χ0v) is 50.4. The molecule has 0 heterocycles. The number of quaternary nitrogens is 1. The van der Waals surface area contributed by atoms with Crippen molar-refractivity contribution in [1.29, 1.82) is 0 Å². The van der Waals surface area contributed by atoms with E-state index in [-0.39, 0.29) is 19.1 Å². The quantitative estimate of drug-likeness (QED) is 0.0318. The van der Waals surface area contributed by atoms with Crippen molar-refractivity contribution in [1.82, 2.24) is 5.32 Å². The van der Waals surface area contributed by atoms with Crippen LogP contribution in [0.4, 0.5) is 0 Å². The van der Waals surface area contributed by atoms with Crippen LogP contribution in [0, 0.1) is 0 Å². The molecule has 9 heteroatoms. The Labute approximate surface area is 450 Å². The number of carbonyl (C=O) groups excluding carboxylic acids is 1. The minimum absolute atomic E-state index is 0.0785. The van der Waals surface area contributed by atoms with Crippen molar-refractivity contribution in [3.63, 3.8) is 0 Å². The van der Waals surface area contributed by atoms with Crippen LogP contribution < -0.4 is 5.32 Å². The summed E-state index contributed by atoms with van der Waals surface area (Å²) in [5.41, 5.74) is 0. The molecule has 3 atom stereocenters. The van der Waals surface area contributed by atoms with Gasteiger partial charge in [-0.2, -0.15) is 0 Å². The Bertz CT molecular complexity index is 1140. The molecule has 1 amide bonds. The average molecular weight is 1040 g/mol. The van der Waals surface area contributed by atoms with Gasteiger partial charge in [0, 0.05) is 6.42 Å². The van der Waals surface area contributed by atoms with E-state index in [1.54, 1.807) is 0 Å². The largest absolute Gasteiger partial charge is 0.472 e. The van der Waals surface area contributed by atoms with Crippen LogP contribution in [0.1, 0.15) is 348 Å². The Kier molecular flexibility index (Phi) is 54.9. The molecule has 0 spiro atoms. The molecular weight excluding hydrogens is 912 g/mol. The standard InChI is InChI=1S/C63H129N2O6P/c1-6-8-10-12-14-16-17-18-19-20-21-22-23-24-25-26-27-28-29-30-31-32-33-34-35-36-37-38-39-40-41-42-43-44-45-46-47-49-51-53-55-57-63(67)64-61(60-71-72(68,69)70-59-58-65(3,4)5)62(66)56-54-52-50-48-15-13-11-9-7-2/h61-62,66H,6-60H2,1-5H3,(H-,64,67,68,69)/p+1. The third kappa shape index (κ3) is 57.2. The molecule has 0 aliphatic carbocycles. The van der Waals surface area contributed by atoms with E-state index in [4.69, 9.17) is 9.05 Å². The number of aliphatic hydroxyl groups is 1. The van der Waals surface area contributed by atoms with Gasteiger partial charge < -0.3 is 19.8 Å². The molecule has 0 saturated carbocycles. The number of nitrogens with one attached hydrogen (secondary N) is 1. The fourth-order valence-corrected chi connectivity index (χ4v) is 11.0. The summed E-state index contributed by atoms with van der Waals surface area (Å²) in [7, 11) is 1.63. The summed E-state index contributed by atoms with van der Waals surface area (Å²) in [5.74, 6) is -0.139. The van der Waals surface area contributed by atoms with Crippen LogP contribution in [-0.2, 0) is 18.4 Å². The zero-order chi connectivity index (χ0) is 52.7. The monoisotopic (exact) mass is 1040 g/mol. The first-order valence-electron chi connectivity index (χ1n) is 32.4. The number of aliphatic hydroxyl groups excluding tert-OH is 1. The molecule has 0 saturated heterocycles. The second-order valence-electron chi connectivity index (χ2n) is 23.9. The lowest BCUT2D eigenvalue weighted by atomic mass is 10.0. The lowest BCUT2D eigenvalue weighted by Gasteiger charge is -2.26. The number of phosphoric acid groups is 1. The molecule has 0 fully saturated rings. The zero-order valence-electron chi connectivity index (χ0n) is 49.5. The number of hydrogen-bond donors (Lipinski definition) is 3. The van der Waals surface area contributed by atoms with Crippen LogP contribution in [0.25, 0.3) is 0 Å². The molecule has 0 aromatic rings. The van der Waals surface area contributed by atoms with E-state index in [9.17, 15) is 19.4 Å². The van der Waals surface area contributed by atoms with E-state index in [1.165, 1.54) is 283 Å². The number of rotatable bonds is 61. The van der Waals surface area contributed by atoms with Gasteiger partial charge in [-0.1, -0.05) is 328 Å². The summed E-state index contributed by atoms with van der Waals surface area (Å²) in [5, 5.41) is 14.0. The predicted octanol–water partition coefficient (Wildman–Crippen LogP) is 20.0. The molecule has 0 bridgehead atoms. The second-order valence-corrected chi connectivity index (χ2v) is 25.3. The molecule has 0 aromatic heterocycles. The number of nitrogens with zero attached hydrogens (tertiary/aromatic N) is 1. The molecule has 0 radical (unpaired) electrons. The van der Waals surface area contributed by atoms with Crippen molar-refractivity contribution in [3.05, 3.63) is 0 Å². The highest BCUT2D eigenvalue weighted by molar-refractivity contribution is 7.47. The van der Waals surface area contributed by atoms with E-state index in [0.717, 1.165) is 38.5 Å². The number of unbranched alkanes of at least 4 members (excludes halogenated alkanes) is 48. The minimum Gasteiger partial charge on any atom is -0.391 e. The highest BCUT2D eigenvalue weighted by Crippen LogP contribution is 2.43. The highest BCUT2D eigenvalue weighted by Gasteiger charge is 2.28. The molecule has 8 nitrogen and oxygen atoms in total. The van der Waals surface area contributed by atoms with Gasteiger partial charge in [-0.05, 0) is 12.8 Å². The number of hydrogen-bond acceptors (Lipinski definition) is 5. The Morgan fingerprint density at radius 3 is 0.931 bits per heavy atom. The van der Waals surface area contributed by atoms with Gasteiger partial charge in [-0.3, -0.25) is 13.8 Å². The van der Waals surface area contributed by atoms with Crippen LogP contribution in [0.3, 0.4) is 0 Å². The maximum atomic E-state index is 12.9. The van der Waals surface area contributed by atoms with Gasteiger partial charge >= 0.3 is 7.82 Å². The summed E-state index contributed by atoms with van der Waals surface area (Å²) in [6.07, 6.45) is 68.1. The van der Waals surface area contributed by atoms with E-state index in [1.807, 2.05) is 21.1 Å². The van der Waals surface area contributed by atoms with Crippen LogP contribution in [0.15, 0.2) is 0 Å². The van der Waals surface area contributed by atoms with Gasteiger partial charge in [-0.25, -0.2) is 4.57 Å². The van der Waals surface area contributed by atoms with Crippen LogP contribution in [0.5, 0.6) is 0 Å². The molecule has 3 N–H and O–H groups in total. The lowest BCUT2D eigenvalue weighted by molar-refractivity contribution is -0.870. The second kappa shape index (κ2) is 55.3. The summed E-state index contributed by atoms with van der Waals surface area (Å²) < 4.78 is 23.7. The topological polar surface area (TPSA) is 105 Å². The lowest BCUT2D eigenvalue weighted by Crippen LogP contribution is -2.46. The van der Waals surface area contributed by atoms with Gasteiger partial charge in [0.1, 0.15) is 13.2 Å². The molecule has 0 rings (SSSR count). The van der Waals surface area contributed by atoms with Crippen LogP contribution in [0.2, 0.25) is 0 Å². The van der Waals surface area contributed by atoms with Gasteiger partial charge in [0.15, 0.2) is 0 Å². The van der Waals surface area contributed by atoms with E-state index < -0.39 is 20.0 Å². The minimum atomic E-state index is -4.31. The van der Waals surface area contributed by atoms with Crippen molar-refractivity contribution in [3.8, 4) is 0 Å². The Morgan fingerprint density at radius 1 is 0.417 bits per heavy atom. The molecule has 0 aliphatic rings. The Hall–Kier alpha value is -0.500. The van der Waals surface area contributed by atoms with Gasteiger partial charge in [0.2, 0.25) is 5.91 Å². The fraction of sp³-hybridized carbons (Fsp3) is 0.984. The number of carbonyl (C=O) groups is 1. The first-order valence-corrected chi connectivity index (χ1v) is 33.9. The smallest absolute Gasteiger partial charge is 0.391 e. The Balaban J connectivity index is 3.68. The predicted molar refractivity (Wildman–Crippen MR) is 314 cm³/mol. The Morgan fingerprint density at radius 2 is 0.667 bits per heavy atom.